The molecule has 3 N–H and O–H groups in total. The molecule has 0 aliphatic carbocycles. The number of benzene rings is 2. The van der Waals surface area contributed by atoms with Crippen LogP contribution < -0.4 is 16.0 Å². The van der Waals surface area contributed by atoms with Crippen molar-refractivity contribution in [2.75, 3.05) is 24.2 Å². The van der Waals surface area contributed by atoms with Crippen molar-refractivity contribution in [1.82, 2.24) is 5.32 Å². The van der Waals surface area contributed by atoms with Gasteiger partial charge in [0.1, 0.15) is 5.78 Å². The molecule has 9 heteroatoms. The Bertz CT molecular complexity index is 1380. The van der Waals surface area contributed by atoms with Gasteiger partial charge in [0, 0.05) is 55.6 Å². The number of ketones is 1. The molecule has 0 aromatic heterocycles. The molecule has 2 rings (SSSR count). The van der Waals surface area contributed by atoms with Crippen molar-refractivity contribution in [1.29, 1.82) is 0 Å². The molecule has 0 radical (unpaired) electrons. The number of anilines is 2. The summed E-state index contributed by atoms with van der Waals surface area (Å²) in [5.74, 6) is -1.35. The van der Waals surface area contributed by atoms with Crippen molar-refractivity contribution in [2.24, 2.45) is 9.98 Å². The van der Waals surface area contributed by atoms with Crippen molar-refractivity contribution in [2.45, 2.75) is 79.6 Å². The van der Waals surface area contributed by atoms with E-state index in [2.05, 4.69) is 32.9 Å². The van der Waals surface area contributed by atoms with E-state index < -0.39 is 11.6 Å². The number of allylic oxidation sites excluding steroid dienone is 2. The molecular formula is C34H45F2N5O2. The number of nitrogens with zero attached hydrogens (tertiary/aromatic N) is 2. The predicted octanol–water partition coefficient (Wildman–Crippen LogP) is 8.09. The lowest BCUT2D eigenvalue weighted by Crippen LogP contribution is -2.26. The molecule has 0 spiro atoms. The smallest absolute Gasteiger partial charge is 0.251 e. The summed E-state index contributed by atoms with van der Waals surface area (Å²) in [5, 5.41) is 8.82. The highest BCUT2D eigenvalue weighted by Crippen LogP contribution is 2.25. The second kappa shape index (κ2) is 18.4. The summed E-state index contributed by atoms with van der Waals surface area (Å²) < 4.78 is 28.8. The van der Waals surface area contributed by atoms with E-state index >= 15 is 0 Å². The summed E-state index contributed by atoms with van der Waals surface area (Å²) >= 11 is 0. The highest BCUT2D eigenvalue weighted by atomic mass is 19.2. The van der Waals surface area contributed by atoms with E-state index in [1.165, 1.54) is 25.4 Å². The maximum absolute atomic E-state index is 14.6. The third-order valence-corrected chi connectivity index (χ3v) is 6.89. The molecule has 0 bridgehead atoms. The van der Waals surface area contributed by atoms with Crippen LogP contribution in [0.25, 0.3) is 5.57 Å². The maximum atomic E-state index is 14.6. The Labute approximate surface area is 254 Å². The topological polar surface area (TPSA) is 95.0 Å². The molecule has 232 valence electrons. The van der Waals surface area contributed by atoms with Crippen LogP contribution in [0.1, 0.15) is 94.6 Å². The summed E-state index contributed by atoms with van der Waals surface area (Å²) in [5.41, 5.74) is 3.34. The Morgan fingerprint density at radius 3 is 2.33 bits per heavy atom. The average molecular weight is 594 g/mol. The van der Waals surface area contributed by atoms with Crippen molar-refractivity contribution < 1.29 is 18.4 Å². The van der Waals surface area contributed by atoms with Crippen LogP contribution >= 0.6 is 0 Å². The van der Waals surface area contributed by atoms with E-state index in [0.717, 1.165) is 30.5 Å². The summed E-state index contributed by atoms with van der Waals surface area (Å²) in [6, 6.07) is 8.45. The van der Waals surface area contributed by atoms with Crippen LogP contribution in [0.4, 0.5) is 20.2 Å². The molecule has 0 heterocycles. The van der Waals surface area contributed by atoms with Gasteiger partial charge in [-0.3, -0.25) is 14.6 Å². The minimum Gasteiger partial charge on any atom is -0.386 e. The molecule has 0 aliphatic rings. The zero-order chi connectivity index (χ0) is 31.8. The van der Waals surface area contributed by atoms with E-state index in [9.17, 15) is 18.4 Å². The third-order valence-electron chi connectivity index (χ3n) is 6.89. The van der Waals surface area contributed by atoms with Gasteiger partial charge in [-0.2, -0.15) is 0 Å². The first-order valence-corrected chi connectivity index (χ1v) is 14.9. The monoisotopic (exact) mass is 593 g/mol. The van der Waals surface area contributed by atoms with Crippen molar-refractivity contribution >= 4 is 40.2 Å². The second-order valence-electron chi connectivity index (χ2n) is 10.2. The van der Waals surface area contributed by atoms with Crippen molar-refractivity contribution in [3.8, 4) is 0 Å². The minimum absolute atomic E-state index is 0.0818. The number of halogens is 2. The molecular weight excluding hydrogens is 548 g/mol. The van der Waals surface area contributed by atoms with Gasteiger partial charge in [-0.15, -0.1) is 0 Å². The zero-order valence-electron chi connectivity index (χ0n) is 26.2. The molecule has 2 aromatic rings. The Morgan fingerprint density at radius 2 is 1.65 bits per heavy atom. The molecule has 43 heavy (non-hydrogen) atoms. The van der Waals surface area contributed by atoms with Gasteiger partial charge in [0.15, 0.2) is 17.5 Å². The fraction of sp³-hybridized carbons (Fsp3) is 0.412. The lowest BCUT2D eigenvalue weighted by Gasteiger charge is -2.14. The van der Waals surface area contributed by atoms with Crippen LogP contribution in [0.15, 0.2) is 58.8 Å². The number of aliphatic imine (C=N–C) groups is 2. The Kier molecular flexibility index (Phi) is 15.0. The molecule has 0 saturated heterocycles. The predicted molar refractivity (Wildman–Crippen MR) is 175 cm³/mol. The molecule has 7 nitrogen and oxygen atoms in total. The quantitative estimate of drug-likeness (QED) is 0.104. The molecule has 2 aromatic carbocycles. The number of aryl methyl sites for hydroxylation is 1. The second-order valence-corrected chi connectivity index (χ2v) is 10.2. The maximum Gasteiger partial charge on any atom is 0.251 e. The number of rotatable bonds is 16. The highest BCUT2D eigenvalue weighted by molar-refractivity contribution is 6.45. The van der Waals surface area contributed by atoms with Crippen LogP contribution in [0.2, 0.25) is 0 Å². The average Bonchev–Trinajstić information content (AvgIpc) is 3.01. The van der Waals surface area contributed by atoms with Gasteiger partial charge in [0.05, 0.1) is 11.4 Å². The van der Waals surface area contributed by atoms with Crippen LogP contribution in [-0.4, -0.2) is 36.8 Å². The van der Waals surface area contributed by atoms with Gasteiger partial charge in [-0.25, -0.2) is 13.8 Å². The van der Waals surface area contributed by atoms with Gasteiger partial charge in [0.2, 0.25) is 0 Å². The summed E-state index contributed by atoms with van der Waals surface area (Å²) in [4.78, 5) is 33.8. The van der Waals surface area contributed by atoms with Gasteiger partial charge in [-0.1, -0.05) is 32.8 Å². The Hall–Kier alpha value is -4.14. The van der Waals surface area contributed by atoms with E-state index in [1.807, 2.05) is 19.9 Å². The van der Waals surface area contributed by atoms with E-state index in [1.54, 1.807) is 38.3 Å². The first-order chi connectivity index (χ1) is 20.7. The SMILES string of the molecule is C\C=C/N=C(Nc1ccc(C(=O)NCCCC(=O)CCCCC)c(CC)c1)\C(C)=N\C=C(/C)c1ccc(NC)c(F)c1F. The largest absolute Gasteiger partial charge is 0.386 e. The van der Waals surface area contributed by atoms with Gasteiger partial charge < -0.3 is 16.0 Å². The number of carbonyl (C=O) groups is 2. The van der Waals surface area contributed by atoms with E-state index in [4.69, 9.17) is 0 Å². The van der Waals surface area contributed by atoms with Crippen LogP contribution in [0.5, 0.6) is 0 Å². The number of hydrogen-bond donors (Lipinski definition) is 3. The number of nitrogens with one attached hydrogen (secondary N) is 3. The van der Waals surface area contributed by atoms with Crippen LogP contribution in [0, 0.1) is 11.6 Å². The van der Waals surface area contributed by atoms with Gasteiger partial charge in [0.25, 0.3) is 5.91 Å². The Morgan fingerprint density at radius 1 is 0.930 bits per heavy atom. The standard InChI is InChI=1S/C34H45F2N5O2/c1-7-10-11-13-27(42)14-12-20-39-34(43)29-16-15-26(21-25(29)9-3)41-33(38-19-8-2)24(5)40-22-23(4)28-17-18-30(37-6)32(36)31(28)35/h8,15-19,21-22,37H,7,9-14,20H2,1-6H3,(H,38,41)(H,39,43)/b19-8-,23-22+,40-24+. The van der Waals surface area contributed by atoms with Gasteiger partial charge in [-0.05, 0) is 81.5 Å². The fourth-order valence-electron chi connectivity index (χ4n) is 4.34. The minimum atomic E-state index is -0.943. The molecule has 1 amide bonds. The fourth-order valence-corrected chi connectivity index (χ4v) is 4.34. The van der Waals surface area contributed by atoms with E-state index in [0.29, 0.717) is 54.9 Å². The number of carbonyl (C=O) groups excluding carboxylic acids is 2. The highest BCUT2D eigenvalue weighted by Gasteiger charge is 2.15. The molecule has 0 unspecified atom stereocenters. The Balaban J connectivity index is 2.15. The van der Waals surface area contributed by atoms with Crippen LogP contribution in [-0.2, 0) is 11.2 Å². The number of amides is 1. The number of hydrogen-bond acceptors (Lipinski definition) is 5. The summed E-state index contributed by atoms with van der Waals surface area (Å²) in [6.45, 7) is 9.80. The van der Waals surface area contributed by atoms with Gasteiger partial charge >= 0.3 is 0 Å². The normalized spacial score (nSPS) is 12.5. The first kappa shape index (κ1) is 35.1. The lowest BCUT2D eigenvalue weighted by molar-refractivity contribution is -0.119. The number of Topliss-reactive ketones (excluding diaryl/α,β-unsaturated/α-hetero) is 1. The van der Waals surface area contributed by atoms with E-state index in [-0.39, 0.29) is 22.9 Å². The third kappa shape index (κ3) is 10.9. The molecule has 0 saturated carbocycles. The number of unbranched alkanes of at least 4 members (excludes halogenated alkanes) is 2. The molecule has 0 atom stereocenters. The van der Waals surface area contributed by atoms with Crippen molar-refractivity contribution in [3.63, 3.8) is 0 Å². The lowest BCUT2D eigenvalue weighted by atomic mass is 10.0. The zero-order valence-corrected chi connectivity index (χ0v) is 26.2. The van der Waals surface area contributed by atoms with Crippen molar-refractivity contribution in [3.05, 3.63) is 77.1 Å². The summed E-state index contributed by atoms with van der Waals surface area (Å²) in [6.07, 6.45) is 10.3. The number of amidine groups is 1. The molecule has 0 fully saturated rings. The summed E-state index contributed by atoms with van der Waals surface area (Å²) in [7, 11) is 1.53. The first-order valence-electron chi connectivity index (χ1n) is 14.9. The molecule has 0 aliphatic heterocycles. The van der Waals surface area contributed by atoms with Crippen LogP contribution in [0.3, 0.4) is 0 Å².